The lowest BCUT2D eigenvalue weighted by Crippen LogP contribution is -2.02. The van der Waals surface area contributed by atoms with Crippen molar-refractivity contribution < 1.29 is 4.79 Å². The summed E-state index contributed by atoms with van der Waals surface area (Å²) in [6.07, 6.45) is 1.72. The number of ketones is 1. The fourth-order valence-electron chi connectivity index (χ4n) is 1.34. The quantitative estimate of drug-likeness (QED) is 0.671. The Balaban J connectivity index is 2.06. The van der Waals surface area contributed by atoms with Crippen LogP contribution >= 0.6 is 35.0 Å². The highest BCUT2D eigenvalue weighted by Gasteiger charge is 2.11. The minimum Gasteiger partial charge on any atom is -0.359 e. The van der Waals surface area contributed by atoms with Gasteiger partial charge in [-0.15, -0.1) is 11.8 Å². The second-order valence-electron chi connectivity index (χ2n) is 3.35. The zero-order valence-electron chi connectivity index (χ0n) is 8.74. The first-order valence-electron chi connectivity index (χ1n) is 4.92. The van der Waals surface area contributed by atoms with Crippen molar-refractivity contribution in [1.82, 2.24) is 4.98 Å². The van der Waals surface area contributed by atoms with Crippen molar-refractivity contribution in [2.75, 3.05) is 5.75 Å². The fourth-order valence-corrected chi connectivity index (χ4v) is 2.91. The first kappa shape index (κ1) is 12.6. The molecule has 1 aromatic heterocycles. The van der Waals surface area contributed by atoms with Gasteiger partial charge in [0.15, 0.2) is 5.78 Å². The first-order valence-corrected chi connectivity index (χ1v) is 6.66. The maximum absolute atomic E-state index is 11.8. The van der Waals surface area contributed by atoms with E-state index in [1.807, 2.05) is 0 Å². The van der Waals surface area contributed by atoms with Gasteiger partial charge >= 0.3 is 0 Å². The third kappa shape index (κ3) is 3.06. The fraction of sp³-hybridized carbons (Fsp3) is 0.0833. The molecular formula is C12H9Cl2NOS. The third-order valence-electron chi connectivity index (χ3n) is 2.16. The van der Waals surface area contributed by atoms with Crippen molar-refractivity contribution in [3.8, 4) is 0 Å². The topological polar surface area (TPSA) is 32.9 Å². The summed E-state index contributed by atoms with van der Waals surface area (Å²) in [5.41, 5.74) is 0.598. The number of hydrogen-bond acceptors (Lipinski definition) is 2. The number of aromatic nitrogens is 1. The largest absolute Gasteiger partial charge is 0.359 e. The van der Waals surface area contributed by atoms with Crippen LogP contribution < -0.4 is 0 Å². The van der Waals surface area contributed by atoms with E-state index in [2.05, 4.69) is 4.98 Å². The number of thioether (sulfide) groups is 1. The second-order valence-corrected chi connectivity index (χ2v) is 5.15. The molecule has 0 aliphatic carbocycles. The predicted octanol–water partition coefficient (Wildman–Crippen LogP) is 4.30. The Hall–Kier alpha value is -0.900. The summed E-state index contributed by atoms with van der Waals surface area (Å²) in [7, 11) is 0. The summed E-state index contributed by atoms with van der Waals surface area (Å²) in [5, 5.41) is 1.14. The molecule has 0 unspecified atom stereocenters. The lowest BCUT2D eigenvalue weighted by atomic mass is 10.3. The van der Waals surface area contributed by atoms with Crippen LogP contribution in [0.2, 0.25) is 10.0 Å². The van der Waals surface area contributed by atoms with Crippen LogP contribution in [0.4, 0.5) is 0 Å². The van der Waals surface area contributed by atoms with Gasteiger partial charge < -0.3 is 4.98 Å². The maximum atomic E-state index is 11.8. The van der Waals surface area contributed by atoms with Crippen LogP contribution in [0.25, 0.3) is 0 Å². The second kappa shape index (κ2) is 5.63. The monoisotopic (exact) mass is 285 g/mol. The molecule has 5 heteroatoms. The average molecular weight is 286 g/mol. The van der Waals surface area contributed by atoms with Crippen molar-refractivity contribution >= 4 is 40.7 Å². The molecular weight excluding hydrogens is 277 g/mol. The van der Waals surface area contributed by atoms with Crippen molar-refractivity contribution in [2.24, 2.45) is 0 Å². The molecule has 0 bridgehead atoms. The van der Waals surface area contributed by atoms with E-state index < -0.39 is 0 Å². The summed E-state index contributed by atoms with van der Waals surface area (Å²) in [5.74, 6) is 0.334. The van der Waals surface area contributed by atoms with Gasteiger partial charge in [-0.25, -0.2) is 0 Å². The van der Waals surface area contributed by atoms with Crippen molar-refractivity contribution in [2.45, 2.75) is 4.90 Å². The van der Waals surface area contributed by atoms with Crippen molar-refractivity contribution in [3.05, 3.63) is 52.3 Å². The van der Waals surface area contributed by atoms with Crippen molar-refractivity contribution in [3.63, 3.8) is 0 Å². The van der Waals surface area contributed by atoms with Gasteiger partial charge in [0.1, 0.15) is 0 Å². The molecule has 2 nitrogen and oxygen atoms in total. The Bertz CT molecular complexity index is 505. The Labute approximate surface area is 113 Å². The zero-order chi connectivity index (χ0) is 12.3. The Morgan fingerprint density at radius 2 is 1.88 bits per heavy atom. The number of hydrogen-bond donors (Lipinski definition) is 1. The molecule has 2 aromatic rings. The molecule has 1 N–H and O–H groups in total. The highest BCUT2D eigenvalue weighted by molar-refractivity contribution is 8.00. The molecule has 0 aliphatic rings. The Kier molecular flexibility index (Phi) is 4.15. The van der Waals surface area contributed by atoms with Crippen molar-refractivity contribution in [1.29, 1.82) is 0 Å². The summed E-state index contributed by atoms with van der Waals surface area (Å²) in [6, 6.07) is 8.84. The van der Waals surface area contributed by atoms with Crippen LogP contribution in [0.15, 0.2) is 41.4 Å². The van der Waals surface area contributed by atoms with E-state index in [0.29, 0.717) is 21.5 Å². The highest BCUT2D eigenvalue weighted by atomic mass is 35.5. The van der Waals surface area contributed by atoms with Crippen LogP contribution in [-0.2, 0) is 0 Å². The minimum absolute atomic E-state index is 0.0241. The van der Waals surface area contributed by atoms with E-state index >= 15 is 0 Å². The normalized spacial score (nSPS) is 10.5. The predicted molar refractivity (Wildman–Crippen MR) is 72.3 cm³/mol. The third-order valence-corrected chi connectivity index (χ3v) is 4.15. The summed E-state index contributed by atoms with van der Waals surface area (Å²) < 4.78 is 0. The Morgan fingerprint density at radius 1 is 1.18 bits per heavy atom. The smallest absolute Gasteiger partial charge is 0.189 e. The highest BCUT2D eigenvalue weighted by Crippen LogP contribution is 2.33. The maximum Gasteiger partial charge on any atom is 0.189 e. The van der Waals surface area contributed by atoms with Gasteiger partial charge in [-0.1, -0.05) is 29.3 Å². The van der Waals surface area contributed by atoms with E-state index in [1.54, 1.807) is 36.5 Å². The van der Waals surface area contributed by atoms with Gasteiger partial charge in [-0.2, -0.15) is 0 Å². The van der Waals surface area contributed by atoms with Gasteiger partial charge in [-0.05, 0) is 24.3 Å². The molecule has 0 radical (unpaired) electrons. The number of aromatic amines is 1. The van der Waals surface area contributed by atoms with E-state index in [9.17, 15) is 4.79 Å². The Morgan fingerprint density at radius 3 is 2.47 bits per heavy atom. The van der Waals surface area contributed by atoms with Gasteiger partial charge in [0.25, 0.3) is 0 Å². The summed E-state index contributed by atoms with van der Waals surface area (Å²) >= 11 is 13.4. The summed E-state index contributed by atoms with van der Waals surface area (Å²) in [6.45, 7) is 0. The van der Waals surface area contributed by atoms with E-state index in [-0.39, 0.29) is 5.78 Å². The zero-order valence-corrected chi connectivity index (χ0v) is 11.1. The van der Waals surface area contributed by atoms with Gasteiger partial charge in [0.05, 0.1) is 21.5 Å². The van der Waals surface area contributed by atoms with Crippen LogP contribution in [0, 0.1) is 0 Å². The molecule has 0 atom stereocenters. The molecule has 17 heavy (non-hydrogen) atoms. The van der Waals surface area contributed by atoms with Gasteiger partial charge in [0.2, 0.25) is 0 Å². The average Bonchev–Trinajstić information content (AvgIpc) is 2.81. The SMILES string of the molecule is O=C(CSc1c(Cl)cccc1Cl)c1ccc[nH]1. The van der Waals surface area contributed by atoms with E-state index in [4.69, 9.17) is 23.2 Å². The van der Waals surface area contributed by atoms with Crippen LogP contribution in [-0.4, -0.2) is 16.5 Å². The summed E-state index contributed by atoms with van der Waals surface area (Å²) in [4.78, 5) is 15.4. The van der Waals surface area contributed by atoms with Crippen LogP contribution in [0.1, 0.15) is 10.5 Å². The van der Waals surface area contributed by atoms with E-state index in [1.165, 1.54) is 11.8 Å². The molecule has 0 saturated carbocycles. The number of Topliss-reactive ketones (excluding diaryl/α,β-unsaturated/α-hetero) is 1. The minimum atomic E-state index is 0.0241. The number of benzene rings is 1. The molecule has 88 valence electrons. The lowest BCUT2D eigenvalue weighted by Gasteiger charge is -2.05. The molecule has 0 spiro atoms. The van der Waals surface area contributed by atoms with E-state index in [0.717, 1.165) is 4.90 Å². The first-order chi connectivity index (χ1) is 8.18. The lowest BCUT2D eigenvalue weighted by molar-refractivity contribution is 0.101. The number of carbonyl (C=O) groups excluding carboxylic acids is 1. The number of carbonyl (C=O) groups is 1. The number of rotatable bonds is 4. The molecule has 0 amide bonds. The van der Waals surface area contributed by atoms with Crippen LogP contribution in [0.5, 0.6) is 0 Å². The van der Waals surface area contributed by atoms with Crippen LogP contribution in [0.3, 0.4) is 0 Å². The molecule has 1 aromatic carbocycles. The van der Waals surface area contributed by atoms with Gasteiger partial charge in [0, 0.05) is 11.1 Å². The standard InChI is InChI=1S/C12H9Cl2NOS/c13-8-3-1-4-9(14)12(8)17-7-11(16)10-5-2-6-15-10/h1-6,15H,7H2. The molecule has 0 aliphatic heterocycles. The molecule has 0 saturated heterocycles. The number of nitrogens with one attached hydrogen (secondary N) is 1. The molecule has 0 fully saturated rings. The van der Waals surface area contributed by atoms with Gasteiger partial charge in [-0.3, -0.25) is 4.79 Å². The molecule has 1 heterocycles. The number of halogens is 2. The molecule has 2 rings (SSSR count). The number of H-pyrrole nitrogens is 1.